The third-order valence-corrected chi connectivity index (χ3v) is 8.19. The molecule has 4 aliphatic rings. The van der Waals surface area contributed by atoms with Crippen molar-refractivity contribution < 1.29 is 19.1 Å². The molecule has 1 amide bonds. The van der Waals surface area contributed by atoms with Gasteiger partial charge < -0.3 is 9.47 Å². The summed E-state index contributed by atoms with van der Waals surface area (Å²) in [5.41, 5.74) is -0.495. The van der Waals surface area contributed by atoms with E-state index in [1.807, 2.05) is 25.7 Å². The predicted molar refractivity (Wildman–Crippen MR) is 120 cm³/mol. The molecule has 5 nitrogen and oxygen atoms in total. The van der Waals surface area contributed by atoms with E-state index in [1.54, 1.807) is 0 Å². The number of carbonyl (C=O) groups is 2. The van der Waals surface area contributed by atoms with Gasteiger partial charge >= 0.3 is 12.1 Å². The van der Waals surface area contributed by atoms with Gasteiger partial charge in [-0.1, -0.05) is 31.4 Å². The quantitative estimate of drug-likeness (QED) is 0.414. The molecule has 2 saturated heterocycles. The molecule has 4 rings (SSSR count). The van der Waals surface area contributed by atoms with Gasteiger partial charge in [-0.2, -0.15) is 0 Å². The van der Waals surface area contributed by atoms with Crippen molar-refractivity contribution in [2.45, 2.75) is 110 Å². The molecule has 8 atom stereocenters. The lowest BCUT2D eigenvalue weighted by Gasteiger charge is -2.46. The molecule has 2 aliphatic heterocycles. The molecule has 4 fully saturated rings. The Balaban J connectivity index is 1.57. The highest BCUT2D eigenvalue weighted by Gasteiger charge is 2.53. The van der Waals surface area contributed by atoms with Crippen LogP contribution < -0.4 is 0 Å². The first kappa shape index (κ1) is 22.7. The maximum Gasteiger partial charge on any atom is 0.411 e. The number of hydrogen-bond donors (Lipinski definition) is 0. The van der Waals surface area contributed by atoms with Gasteiger partial charge in [0, 0.05) is 12.0 Å². The highest BCUT2D eigenvalue weighted by Crippen LogP contribution is 2.53. The van der Waals surface area contributed by atoms with Gasteiger partial charge in [-0.15, -0.1) is 0 Å². The summed E-state index contributed by atoms with van der Waals surface area (Å²) in [7, 11) is 0. The van der Waals surface area contributed by atoms with Gasteiger partial charge in [-0.05, 0) is 84.5 Å². The molecule has 0 aromatic heterocycles. The molecule has 0 bridgehead atoms. The van der Waals surface area contributed by atoms with Crippen molar-refractivity contribution in [3.05, 3.63) is 12.2 Å². The van der Waals surface area contributed by atoms with Crippen LogP contribution in [-0.2, 0) is 14.3 Å². The zero-order valence-electron chi connectivity index (χ0n) is 20.0. The number of cyclic esters (lactones) is 1. The Morgan fingerprint density at radius 2 is 1.81 bits per heavy atom. The number of amides is 1. The number of allylic oxidation sites excluding steroid dienone is 1. The molecule has 0 unspecified atom stereocenters. The fourth-order valence-electron chi connectivity index (χ4n) is 6.89. The lowest BCUT2D eigenvalue weighted by molar-refractivity contribution is -0.144. The maximum atomic E-state index is 13.0. The number of rotatable bonds is 2. The van der Waals surface area contributed by atoms with E-state index < -0.39 is 5.60 Å². The average Bonchev–Trinajstić information content (AvgIpc) is 2.97. The highest BCUT2D eigenvalue weighted by atomic mass is 16.6. The minimum absolute atomic E-state index is 0.0118. The predicted octanol–water partition coefficient (Wildman–Crippen LogP) is 5.72. The van der Waals surface area contributed by atoms with Crippen LogP contribution in [0.5, 0.6) is 0 Å². The van der Waals surface area contributed by atoms with Gasteiger partial charge in [0.1, 0.15) is 11.7 Å². The SMILES string of the molecule is C[C@@H]1OC(=O)[C@H]2C[C@H]3CCCC[C@H]3[C@H](/C=C\[C@H]3CCC[C@H](C)N3C(=O)OC(C)(C)C)[C@@H]12. The summed E-state index contributed by atoms with van der Waals surface area (Å²) in [6.45, 7) is 9.97. The van der Waals surface area contributed by atoms with Gasteiger partial charge in [-0.25, -0.2) is 4.79 Å². The number of esters is 1. The highest BCUT2D eigenvalue weighted by molar-refractivity contribution is 5.75. The summed E-state index contributed by atoms with van der Waals surface area (Å²) in [5.74, 6) is 1.98. The molecule has 0 aromatic rings. The summed E-state index contributed by atoms with van der Waals surface area (Å²) in [5, 5.41) is 0. The smallest absolute Gasteiger partial charge is 0.411 e. The Bertz CT molecular complexity index is 711. The van der Waals surface area contributed by atoms with Gasteiger partial charge in [0.05, 0.1) is 12.0 Å². The Hall–Kier alpha value is -1.52. The number of ether oxygens (including phenoxy) is 2. The number of fused-ring (bicyclic) bond motifs is 2. The van der Waals surface area contributed by atoms with Gasteiger partial charge in [0.15, 0.2) is 0 Å². The molecule has 5 heteroatoms. The Morgan fingerprint density at radius 1 is 1.06 bits per heavy atom. The third kappa shape index (κ3) is 4.66. The largest absolute Gasteiger partial charge is 0.462 e. The summed E-state index contributed by atoms with van der Waals surface area (Å²) in [6.07, 6.45) is 13.6. The minimum atomic E-state index is -0.495. The zero-order chi connectivity index (χ0) is 22.3. The second kappa shape index (κ2) is 8.78. The number of carbonyl (C=O) groups excluding carboxylic acids is 2. The van der Waals surface area contributed by atoms with E-state index in [9.17, 15) is 9.59 Å². The normalized spacial score (nSPS) is 40.9. The topological polar surface area (TPSA) is 55.8 Å². The summed E-state index contributed by atoms with van der Waals surface area (Å²) in [4.78, 5) is 27.5. The molecule has 0 spiro atoms. The summed E-state index contributed by atoms with van der Waals surface area (Å²) >= 11 is 0. The summed E-state index contributed by atoms with van der Waals surface area (Å²) < 4.78 is 11.5. The van der Waals surface area contributed by atoms with Crippen LogP contribution in [0.25, 0.3) is 0 Å². The van der Waals surface area contributed by atoms with Crippen LogP contribution in [0.2, 0.25) is 0 Å². The van der Waals surface area contributed by atoms with E-state index in [0.717, 1.165) is 25.7 Å². The van der Waals surface area contributed by atoms with Crippen molar-refractivity contribution >= 4 is 12.1 Å². The van der Waals surface area contributed by atoms with Gasteiger partial charge in [0.2, 0.25) is 0 Å². The minimum Gasteiger partial charge on any atom is -0.462 e. The van der Waals surface area contributed by atoms with E-state index in [0.29, 0.717) is 17.8 Å². The summed E-state index contributed by atoms with van der Waals surface area (Å²) in [6, 6.07) is 0.240. The van der Waals surface area contributed by atoms with E-state index in [-0.39, 0.29) is 42.1 Å². The van der Waals surface area contributed by atoms with Crippen LogP contribution in [0, 0.1) is 29.6 Å². The van der Waals surface area contributed by atoms with E-state index in [1.165, 1.54) is 25.7 Å². The molecule has 2 saturated carbocycles. The molecule has 0 radical (unpaired) electrons. The average molecular weight is 432 g/mol. The maximum absolute atomic E-state index is 13.0. The Morgan fingerprint density at radius 3 is 2.55 bits per heavy atom. The fourth-order valence-corrected chi connectivity index (χ4v) is 6.89. The van der Waals surface area contributed by atoms with E-state index >= 15 is 0 Å². The van der Waals surface area contributed by atoms with Crippen molar-refractivity contribution in [1.82, 2.24) is 4.90 Å². The van der Waals surface area contributed by atoms with Crippen molar-refractivity contribution in [2.24, 2.45) is 29.6 Å². The van der Waals surface area contributed by atoms with Crippen LogP contribution in [0.3, 0.4) is 0 Å². The second-order valence-corrected chi connectivity index (χ2v) is 11.5. The molecular formula is C26H41NO4. The van der Waals surface area contributed by atoms with Gasteiger partial charge in [0.25, 0.3) is 0 Å². The number of hydrogen-bond acceptors (Lipinski definition) is 4. The van der Waals surface area contributed by atoms with Crippen LogP contribution in [0.15, 0.2) is 12.2 Å². The lowest BCUT2D eigenvalue weighted by atomic mass is 9.57. The second-order valence-electron chi connectivity index (χ2n) is 11.5. The number of piperidine rings is 1. The van der Waals surface area contributed by atoms with E-state index in [2.05, 4.69) is 26.0 Å². The first-order valence-electron chi connectivity index (χ1n) is 12.6. The van der Waals surface area contributed by atoms with E-state index in [4.69, 9.17) is 9.47 Å². The molecular weight excluding hydrogens is 390 g/mol. The Kier molecular flexibility index (Phi) is 6.42. The molecule has 0 aromatic carbocycles. The van der Waals surface area contributed by atoms with Crippen molar-refractivity contribution in [3.8, 4) is 0 Å². The Labute approximate surface area is 187 Å². The fraction of sp³-hybridized carbons (Fsp3) is 0.846. The van der Waals surface area contributed by atoms with Crippen LogP contribution in [0.4, 0.5) is 4.79 Å². The molecule has 0 N–H and O–H groups in total. The van der Waals surface area contributed by atoms with Crippen LogP contribution in [-0.4, -0.2) is 40.8 Å². The van der Waals surface area contributed by atoms with Crippen LogP contribution in [0.1, 0.15) is 86.0 Å². The van der Waals surface area contributed by atoms with Crippen LogP contribution >= 0.6 is 0 Å². The molecule has 31 heavy (non-hydrogen) atoms. The van der Waals surface area contributed by atoms with Crippen molar-refractivity contribution in [3.63, 3.8) is 0 Å². The molecule has 2 heterocycles. The van der Waals surface area contributed by atoms with Gasteiger partial charge in [-0.3, -0.25) is 9.69 Å². The first-order chi connectivity index (χ1) is 14.7. The van der Waals surface area contributed by atoms with Crippen molar-refractivity contribution in [1.29, 1.82) is 0 Å². The number of likely N-dealkylation sites (tertiary alicyclic amines) is 1. The van der Waals surface area contributed by atoms with Crippen molar-refractivity contribution in [2.75, 3.05) is 0 Å². The standard InChI is InChI=1S/C26H41NO4/c1-16-9-8-11-19(27(16)25(29)31-26(3,4)5)13-14-21-20-12-7-6-10-18(20)15-22-23(21)17(2)30-24(22)28/h13-14,16-23H,6-12,15H2,1-5H3/b14-13-/t16-,17-,18+,19+,20+,21-,22-,23+/m0/s1. The first-order valence-corrected chi connectivity index (χ1v) is 12.6. The third-order valence-electron chi connectivity index (χ3n) is 8.19. The zero-order valence-corrected chi connectivity index (χ0v) is 20.0. The molecule has 2 aliphatic carbocycles. The molecule has 174 valence electrons. The monoisotopic (exact) mass is 431 g/mol. The number of nitrogens with zero attached hydrogens (tertiary/aromatic N) is 1. The lowest BCUT2D eigenvalue weighted by Crippen LogP contribution is -2.50.